The molecule has 1 N–H and O–H groups in total. The van der Waals surface area contributed by atoms with Gasteiger partial charge in [-0.15, -0.1) is 0 Å². The first-order valence-corrected chi connectivity index (χ1v) is 10.5. The van der Waals surface area contributed by atoms with E-state index in [9.17, 15) is 10.1 Å². The summed E-state index contributed by atoms with van der Waals surface area (Å²) in [6.07, 6.45) is 1.44. The summed E-state index contributed by atoms with van der Waals surface area (Å²) in [5.41, 5.74) is 1.17. The van der Waals surface area contributed by atoms with Gasteiger partial charge in [0.15, 0.2) is 11.5 Å². The number of anilines is 2. The maximum atomic E-state index is 12.0. The Balaban J connectivity index is 1.28. The van der Waals surface area contributed by atoms with E-state index < -0.39 is 0 Å². The number of piperazine rings is 2. The number of fused-ring (bicyclic) bond motifs is 1. The molecular formula is C20H25N7O4. The van der Waals surface area contributed by atoms with Crippen LogP contribution >= 0.6 is 0 Å². The van der Waals surface area contributed by atoms with Gasteiger partial charge < -0.3 is 24.6 Å². The van der Waals surface area contributed by atoms with E-state index in [1.807, 2.05) is 21.9 Å². The van der Waals surface area contributed by atoms with E-state index in [4.69, 9.17) is 9.47 Å². The molecule has 0 atom stereocenters. The van der Waals surface area contributed by atoms with E-state index in [2.05, 4.69) is 26.3 Å². The van der Waals surface area contributed by atoms with E-state index in [0.29, 0.717) is 37.8 Å². The molecule has 31 heavy (non-hydrogen) atoms. The van der Waals surface area contributed by atoms with Gasteiger partial charge in [0.2, 0.25) is 18.4 Å². The first-order chi connectivity index (χ1) is 15.2. The Labute approximate surface area is 179 Å². The molecule has 0 unspecified atom stereocenters. The van der Waals surface area contributed by atoms with Gasteiger partial charge in [0, 0.05) is 58.9 Å². The lowest BCUT2D eigenvalue weighted by atomic mass is 10.1. The molecule has 3 aliphatic heterocycles. The van der Waals surface area contributed by atoms with E-state index >= 15 is 0 Å². The number of aromatic nitrogens is 2. The quantitative estimate of drug-likeness (QED) is 0.545. The zero-order valence-electron chi connectivity index (χ0n) is 17.2. The third kappa shape index (κ3) is 4.06. The smallest absolute Gasteiger partial charge is 0.353 e. The molecule has 2 saturated heterocycles. The summed E-state index contributed by atoms with van der Waals surface area (Å²) >= 11 is 0. The lowest BCUT2D eigenvalue weighted by molar-refractivity contribution is -0.383. The minimum atomic E-state index is -0.342. The van der Waals surface area contributed by atoms with Crippen molar-refractivity contribution < 1.29 is 14.4 Å². The van der Waals surface area contributed by atoms with Crippen LogP contribution in [0.25, 0.3) is 0 Å². The van der Waals surface area contributed by atoms with Crippen LogP contribution in [0.15, 0.2) is 24.5 Å². The Morgan fingerprint density at radius 1 is 0.968 bits per heavy atom. The summed E-state index contributed by atoms with van der Waals surface area (Å²) in [5.74, 6) is 2.40. The van der Waals surface area contributed by atoms with E-state index in [1.54, 1.807) is 0 Å². The minimum absolute atomic E-state index is 0.00798. The predicted octanol–water partition coefficient (Wildman–Crippen LogP) is 0.845. The molecule has 0 radical (unpaired) electrons. The predicted molar refractivity (Wildman–Crippen MR) is 114 cm³/mol. The highest BCUT2D eigenvalue weighted by molar-refractivity contribution is 5.71. The van der Waals surface area contributed by atoms with Gasteiger partial charge in [-0.05, 0) is 17.7 Å². The summed E-state index contributed by atoms with van der Waals surface area (Å²) in [5, 5.41) is 15.2. The lowest BCUT2D eigenvalue weighted by Gasteiger charge is -2.35. The fourth-order valence-corrected chi connectivity index (χ4v) is 4.28. The van der Waals surface area contributed by atoms with Crippen molar-refractivity contribution in [3.8, 4) is 11.5 Å². The molecule has 2 aromatic rings. The van der Waals surface area contributed by atoms with Crippen molar-refractivity contribution in [1.29, 1.82) is 0 Å². The van der Waals surface area contributed by atoms with Crippen molar-refractivity contribution in [3.63, 3.8) is 0 Å². The molecule has 1 aromatic heterocycles. The Bertz CT molecular complexity index is 959. The van der Waals surface area contributed by atoms with Crippen LogP contribution in [-0.2, 0) is 6.54 Å². The normalized spacial score (nSPS) is 19.0. The van der Waals surface area contributed by atoms with Crippen molar-refractivity contribution in [3.05, 3.63) is 40.2 Å². The Hall–Kier alpha value is -3.18. The molecule has 0 amide bonds. The van der Waals surface area contributed by atoms with Gasteiger partial charge in [-0.1, -0.05) is 6.07 Å². The van der Waals surface area contributed by atoms with Gasteiger partial charge in [0.05, 0.1) is 4.92 Å². The Morgan fingerprint density at radius 3 is 2.35 bits per heavy atom. The fraction of sp³-hybridized carbons (Fsp3) is 0.500. The van der Waals surface area contributed by atoms with Crippen molar-refractivity contribution in [2.24, 2.45) is 0 Å². The van der Waals surface area contributed by atoms with Crippen LogP contribution in [0, 0.1) is 10.1 Å². The highest BCUT2D eigenvalue weighted by atomic mass is 16.7. The molecular weight excluding hydrogens is 402 g/mol. The fourth-order valence-electron chi connectivity index (χ4n) is 4.28. The van der Waals surface area contributed by atoms with Crippen LogP contribution in [0.1, 0.15) is 5.56 Å². The van der Waals surface area contributed by atoms with Crippen LogP contribution in [0.5, 0.6) is 11.5 Å². The number of nitro groups is 1. The van der Waals surface area contributed by atoms with Crippen LogP contribution in [0.4, 0.5) is 17.3 Å². The van der Waals surface area contributed by atoms with E-state index in [0.717, 1.165) is 49.8 Å². The molecule has 0 aliphatic carbocycles. The van der Waals surface area contributed by atoms with Crippen LogP contribution in [0.2, 0.25) is 0 Å². The molecule has 0 spiro atoms. The number of rotatable bonds is 5. The van der Waals surface area contributed by atoms with E-state index in [1.165, 1.54) is 6.33 Å². The second-order valence-corrected chi connectivity index (χ2v) is 7.81. The maximum absolute atomic E-state index is 12.0. The summed E-state index contributed by atoms with van der Waals surface area (Å²) in [6.45, 7) is 6.95. The average Bonchev–Trinajstić information content (AvgIpc) is 3.27. The average molecular weight is 427 g/mol. The molecule has 3 aliphatic rings. The number of benzene rings is 1. The van der Waals surface area contributed by atoms with Crippen LogP contribution < -0.4 is 24.6 Å². The molecule has 5 rings (SSSR count). The topological polar surface area (TPSA) is 109 Å². The van der Waals surface area contributed by atoms with Gasteiger partial charge >= 0.3 is 5.69 Å². The van der Waals surface area contributed by atoms with Crippen molar-refractivity contribution >= 4 is 17.3 Å². The standard InChI is InChI=1S/C20H25N7O4/c28-27(29)18-19(25-5-3-21-4-6-25)22-13-23-20(18)26-9-7-24(8-10-26)12-15-1-2-16-17(11-15)31-14-30-16/h1-2,11,13,21H,3-10,12,14H2. The van der Waals surface area contributed by atoms with E-state index in [-0.39, 0.29) is 17.4 Å². The van der Waals surface area contributed by atoms with Gasteiger partial charge in [0.25, 0.3) is 0 Å². The van der Waals surface area contributed by atoms with Crippen molar-refractivity contribution in [1.82, 2.24) is 20.2 Å². The Morgan fingerprint density at radius 2 is 1.65 bits per heavy atom. The zero-order valence-corrected chi connectivity index (χ0v) is 17.2. The highest BCUT2D eigenvalue weighted by Gasteiger charge is 2.32. The molecule has 164 valence electrons. The van der Waals surface area contributed by atoms with Gasteiger partial charge in [-0.25, -0.2) is 9.97 Å². The third-order valence-electron chi connectivity index (χ3n) is 5.90. The second-order valence-electron chi connectivity index (χ2n) is 7.81. The summed E-state index contributed by atoms with van der Waals surface area (Å²) in [7, 11) is 0. The third-order valence-corrected chi connectivity index (χ3v) is 5.90. The van der Waals surface area contributed by atoms with Crippen LogP contribution in [0.3, 0.4) is 0 Å². The number of nitrogens with zero attached hydrogens (tertiary/aromatic N) is 6. The SMILES string of the molecule is O=[N+]([O-])c1c(N2CCNCC2)ncnc1N1CCN(Cc2ccc3c(c2)OCO3)CC1. The molecule has 2 fully saturated rings. The first kappa shape index (κ1) is 19.8. The van der Waals surface area contributed by atoms with Gasteiger partial charge in [-0.2, -0.15) is 0 Å². The molecule has 4 heterocycles. The molecule has 11 heteroatoms. The molecule has 0 bridgehead atoms. The maximum Gasteiger partial charge on any atom is 0.353 e. The van der Waals surface area contributed by atoms with Crippen molar-refractivity contribution in [2.75, 3.05) is 69.0 Å². The molecule has 0 saturated carbocycles. The monoisotopic (exact) mass is 427 g/mol. The zero-order chi connectivity index (χ0) is 21.2. The van der Waals surface area contributed by atoms with Crippen molar-refractivity contribution in [2.45, 2.75) is 6.54 Å². The largest absolute Gasteiger partial charge is 0.454 e. The summed E-state index contributed by atoms with van der Waals surface area (Å²) < 4.78 is 10.8. The second kappa shape index (κ2) is 8.52. The first-order valence-electron chi connectivity index (χ1n) is 10.5. The van der Waals surface area contributed by atoms with Gasteiger partial charge in [0.1, 0.15) is 6.33 Å². The number of hydrogen-bond donors (Lipinski definition) is 1. The minimum Gasteiger partial charge on any atom is -0.454 e. The lowest BCUT2D eigenvalue weighted by Crippen LogP contribution is -2.47. The molecule has 1 aromatic carbocycles. The number of nitrogens with one attached hydrogen (secondary N) is 1. The summed E-state index contributed by atoms with van der Waals surface area (Å²) in [6, 6.07) is 6.01. The number of ether oxygens (including phenoxy) is 2. The van der Waals surface area contributed by atoms with Crippen LogP contribution in [-0.4, -0.2) is 78.9 Å². The molecule has 11 nitrogen and oxygen atoms in total. The summed E-state index contributed by atoms with van der Waals surface area (Å²) in [4.78, 5) is 26.5. The Kier molecular flexibility index (Phi) is 5.43. The van der Waals surface area contributed by atoms with Gasteiger partial charge in [-0.3, -0.25) is 15.0 Å². The number of hydrogen-bond acceptors (Lipinski definition) is 10. The highest BCUT2D eigenvalue weighted by Crippen LogP contribution is 2.35.